The Kier molecular flexibility index (Phi) is 4.33. The van der Waals surface area contributed by atoms with Crippen molar-refractivity contribution in [3.63, 3.8) is 0 Å². The van der Waals surface area contributed by atoms with Crippen molar-refractivity contribution in [2.24, 2.45) is 0 Å². The lowest BCUT2D eigenvalue weighted by atomic mass is 10.1. The number of aromatic nitrogens is 5. The Morgan fingerprint density at radius 1 is 1.22 bits per heavy atom. The van der Waals surface area contributed by atoms with Gasteiger partial charge in [0.15, 0.2) is 11.5 Å². The molecule has 0 radical (unpaired) electrons. The fourth-order valence-electron chi connectivity index (χ4n) is 2.87. The summed E-state index contributed by atoms with van der Waals surface area (Å²) in [6.45, 7) is 1.83. The maximum atomic E-state index is 14.1. The number of fused-ring (bicyclic) bond motifs is 1. The summed E-state index contributed by atoms with van der Waals surface area (Å²) in [5.41, 5.74) is 8.31. The van der Waals surface area contributed by atoms with E-state index in [1.54, 1.807) is 41.2 Å². The number of halogens is 2. The minimum Gasteiger partial charge on any atom is -0.382 e. The van der Waals surface area contributed by atoms with E-state index in [4.69, 9.17) is 17.3 Å². The van der Waals surface area contributed by atoms with Crippen molar-refractivity contribution in [2.45, 2.75) is 13.0 Å². The van der Waals surface area contributed by atoms with Crippen LogP contribution in [0, 0.1) is 5.82 Å². The summed E-state index contributed by atoms with van der Waals surface area (Å²) >= 11 is 5.82. The van der Waals surface area contributed by atoms with Crippen molar-refractivity contribution >= 4 is 28.9 Å². The second-order valence-corrected chi connectivity index (χ2v) is 6.40. The van der Waals surface area contributed by atoms with Gasteiger partial charge in [-0.3, -0.25) is 0 Å². The van der Waals surface area contributed by atoms with Gasteiger partial charge in [0.25, 0.3) is 0 Å². The van der Waals surface area contributed by atoms with E-state index in [0.717, 1.165) is 0 Å². The third-order valence-electron chi connectivity index (χ3n) is 4.14. The lowest BCUT2D eigenvalue weighted by Crippen LogP contribution is -2.10. The molecule has 0 aliphatic carbocycles. The topological polar surface area (TPSA) is 94.0 Å². The molecule has 3 N–H and O–H groups in total. The van der Waals surface area contributed by atoms with Crippen LogP contribution in [0.4, 0.5) is 16.0 Å². The molecule has 0 aliphatic heterocycles. The SMILES string of the molecule is C[C@H](Nc1cc(-c2c(N)nn3cccnc23)ncn1)c1ccc(Cl)cc1F. The van der Waals surface area contributed by atoms with Crippen LogP contribution in [-0.2, 0) is 0 Å². The molecular weight excluding hydrogens is 369 g/mol. The Morgan fingerprint density at radius 2 is 2.07 bits per heavy atom. The van der Waals surface area contributed by atoms with E-state index >= 15 is 0 Å². The molecule has 1 atom stereocenters. The minimum absolute atomic E-state index is 0.315. The standard InChI is InChI=1S/C18H15ClFN7/c1-10(12-4-3-11(19)7-13(12)20)25-15-8-14(23-9-24-15)16-17(21)26-27-6-2-5-22-18(16)27/h2-10H,1H3,(H2,21,26)(H,23,24,25)/t10-/m0/s1. The molecule has 136 valence electrons. The second-order valence-electron chi connectivity index (χ2n) is 5.97. The number of benzene rings is 1. The molecule has 27 heavy (non-hydrogen) atoms. The largest absolute Gasteiger partial charge is 0.382 e. The summed E-state index contributed by atoms with van der Waals surface area (Å²) in [6, 6.07) is 7.74. The van der Waals surface area contributed by atoms with Crippen LogP contribution in [0.3, 0.4) is 0 Å². The average Bonchev–Trinajstić information content (AvgIpc) is 2.97. The highest BCUT2D eigenvalue weighted by atomic mass is 35.5. The molecule has 1 aromatic carbocycles. The van der Waals surface area contributed by atoms with E-state index in [1.807, 2.05) is 6.92 Å². The van der Waals surface area contributed by atoms with E-state index < -0.39 is 0 Å². The van der Waals surface area contributed by atoms with Gasteiger partial charge in [0.1, 0.15) is 18.0 Å². The van der Waals surface area contributed by atoms with Crippen molar-refractivity contribution in [3.8, 4) is 11.3 Å². The molecule has 4 aromatic rings. The summed E-state index contributed by atoms with van der Waals surface area (Å²) in [5.74, 6) is 0.458. The highest BCUT2D eigenvalue weighted by Crippen LogP contribution is 2.29. The van der Waals surface area contributed by atoms with Crippen LogP contribution in [0.15, 0.2) is 49.1 Å². The molecule has 0 saturated carbocycles. The second kappa shape index (κ2) is 6.81. The van der Waals surface area contributed by atoms with E-state index in [0.29, 0.717) is 39.1 Å². The van der Waals surface area contributed by atoms with Crippen LogP contribution in [0.5, 0.6) is 0 Å². The highest BCUT2D eigenvalue weighted by molar-refractivity contribution is 6.30. The summed E-state index contributed by atoms with van der Waals surface area (Å²) in [7, 11) is 0. The molecule has 0 saturated heterocycles. The molecule has 0 bridgehead atoms. The Hall–Kier alpha value is -3.26. The lowest BCUT2D eigenvalue weighted by Gasteiger charge is -2.16. The number of hydrogen-bond donors (Lipinski definition) is 2. The Bertz CT molecular complexity index is 1130. The van der Waals surface area contributed by atoms with Gasteiger partial charge in [-0.05, 0) is 25.1 Å². The molecular formula is C18H15ClFN7. The first-order valence-corrected chi connectivity index (χ1v) is 8.53. The summed E-state index contributed by atoms with van der Waals surface area (Å²) in [4.78, 5) is 12.8. The van der Waals surface area contributed by atoms with Crippen LogP contribution in [0.1, 0.15) is 18.5 Å². The third kappa shape index (κ3) is 3.26. The van der Waals surface area contributed by atoms with Gasteiger partial charge in [0.2, 0.25) is 0 Å². The van der Waals surface area contributed by atoms with E-state index in [2.05, 4.69) is 25.4 Å². The molecule has 9 heteroatoms. The zero-order valence-corrected chi connectivity index (χ0v) is 15.0. The number of rotatable bonds is 4. The van der Waals surface area contributed by atoms with Crippen molar-refractivity contribution in [1.82, 2.24) is 24.6 Å². The third-order valence-corrected chi connectivity index (χ3v) is 4.37. The average molecular weight is 384 g/mol. The predicted molar refractivity (Wildman–Crippen MR) is 102 cm³/mol. The van der Waals surface area contributed by atoms with Crippen LogP contribution >= 0.6 is 11.6 Å². The zero-order valence-electron chi connectivity index (χ0n) is 14.3. The first kappa shape index (κ1) is 17.2. The molecule has 4 rings (SSSR count). The van der Waals surface area contributed by atoms with Crippen molar-refractivity contribution in [3.05, 3.63) is 65.5 Å². The first-order chi connectivity index (χ1) is 13.0. The van der Waals surface area contributed by atoms with E-state index in [-0.39, 0.29) is 11.9 Å². The lowest BCUT2D eigenvalue weighted by molar-refractivity contribution is 0.600. The van der Waals surface area contributed by atoms with Crippen molar-refractivity contribution < 1.29 is 4.39 Å². The summed E-state index contributed by atoms with van der Waals surface area (Å²) in [5, 5.41) is 7.75. The number of nitrogens with zero attached hydrogens (tertiary/aromatic N) is 5. The maximum Gasteiger partial charge on any atom is 0.166 e. The number of anilines is 2. The zero-order chi connectivity index (χ0) is 19.0. The van der Waals surface area contributed by atoms with Gasteiger partial charge in [0, 0.05) is 29.0 Å². The number of nitrogen functional groups attached to an aromatic ring is 1. The maximum absolute atomic E-state index is 14.1. The van der Waals surface area contributed by atoms with Crippen LogP contribution in [0.25, 0.3) is 16.9 Å². The molecule has 0 fully saturated rings. The van der Waals surface area contributed by atoms with Gasteiger partial charge < -0.3 is 11.1 Å². The normalized spacial score (nSPS) is 12.3. The van der Waals surface area contributed by atoms with Crippen LogP contribution in [0.2, 0.25) is 5.02 Å². The Labute approximate surface area is 159 Å². The molecule has 0 spiro atoms. The molecule has 3 aromatic heterocycles. The first-order valence-electron chi connectivity index (χ1n) is 8.15. The van der Waals surface area contributed by atoms with Crippen LogP contribution < -0.4 is 11.1 Å². The van der Waals surface area contributed by atoms with Gasteiger partial charge >= 0.3 is 0 Å². The molecule has 3 heterocycles. The summed E-state index contributed by atoms with van der Waals surface area (Å²) < 4.78 is 15.7. The molecule has 0 aliphatic rings. The monoisotopic (exact) mass is 383 g/mol. The Morgan fingerprint density at radius 3 is 2.89 bits per heavy atom. The van der Waals surface area contributed by atoms with Gasteiger partial charge in [-0.2, -0.15) is 0 Å². The minimum atomic E-state index is -0.382. The number of hydrogen-bond acceptors (Lipinski definition) is 6. The highest BCUT2D eigenvalue weighted by Gasteiger charge is 2.17. The van der Waals surface area contributed by atoms with Gasteiger partial charge in [-0.15, -0.1) is 5.10 Å². The van der Waals surface area contributed by atoms with E-state index in [9.17, 15) is 4.39 Å². The fourth-order valence-corrected chi connectivity index (χ4v) is 3.03. The molecule has 0 unspecified atom stereocenters. The summed E-state index contributed by atoms with van der Waals surface area (Å²) in [6.07, 6.45) is 4.83. The van der Waals surface area contributed by atoms with Gasteiger partial charge in [-0.25, -0.2) is 23.9 Å². The number of nitrogens with two attached hydrogens (primary N) is 1. The van der Waals surface area contributed by atoms with Crippen molar-refractivity contribution in [1.29, 1.82) is 0 Å². The smallest absolute Gasteiger partial charge is 0.166 e. The predicted octanol–water partition coefficient (Wildman–Crippen LogP) is 3.73. The van der Waals surface area contributed by atoms with Gasteiger partial charge in [-0.1, -0.05) is 17.7 Å². The Balaban J connectivity index is 1.67. The quantitative estimate of drug-likeness (QED) is 0.557. The van der Waals surface area contributed by atoms with E-state index in [1.165, 1.54) is 12.4 Å². The number of nitrogens with one attached hydrogen (secondary N) is 1. The fraction of sp³-hybridized carbons (Fsp3) is 0.111. The van der Waals surface area contributed by atoms with Crippen molar-refractivity contribution in [2.75, 3.05) is 11.1 Å². The molecule has 0 amide bonds. The molecule has 7 nitrogen and oxygen atoms in total. The van der Waals surface area contributed by atoms with Crippen LogP contribution in [-0.4, -0.2) is 24.6 Å². The van der Waals surface area contributed by atoms with Gasteiger partial charge in [0.05, 0.1) is 17.3 Å².